The molecule has 0 saturated carbocycles. The summed E-state index contributed by atoms with van der Waals surface area (Å²) in [5.74, 6) is 0.356. The van der Waals surface area contributed by atoms with Crippen LogP contribution in [0.2, 0.25) is 0 Å². The monoisotopic (exact) mass is 380 g/mol. The predicted molar refractivity (Wildman–Crippen MR) is 87.9 cm³/mol. The third-order valence-electron chi connectivity index (χ3n) is 2.86. The molecule has 23 heavy (non-hydrogen) atoms. The number of benzene rings is 2. The van der Waals surface area contributed by atoms with E-state index in [4.69, 9.17) is 9.47 Å². The zero-order valence-corrected chi connectivity index (χ0v) is 13.7. The van der Waals surface area contributed by atoms with Crippen molar-refractivity contribution in [3.63, 3.8) is 0 Å². The van der Waals surface area contributed by atoms with E-state index in [1.165, 1.54) is 25.3 Å². The van der Waals surface area contributed by atoms with Crippen LogP contribution in [0.4, 0.5) is 11.4 Å². The van der Waals surface area contributed by atoms with Crippen LogP contribution in [-0.2, 0) is 4.79 Å². The van der Waals surface area contributed by atoms with E-state index in [0.717, 1.165) is 4.47 Å². The predicted octanol–water partition coefficient (Wildman–Crippen LogP) is 3.38. The highest BCUT2D eigenvalue weighted by Gasteiger charge is 2.17. The second-order valence-electron chi connectivity index (χ2n) is 4.43. The van der Waals surface area contributed by atoms with Crippen LogP contribution < -0.4 is 14.8 Å². The lowest BCUT2D eigenvalue weighted by Crippen LogP contribution is -2.20. The Balaban J connectivity index is 2.02. The van der Waals surface area contributed by atoms with Crippen molar-refractivity contribution in [1.82, 2.24) is 0 Å². The molecule has 7 nitrogen and oxygen atoms in total. The van der Waals surface area contributed by atoms with Crippen LogP contribution in [0.15, 0.2) is 46.9 Å². The van der Waals surface area contributed by atoms with Crippen LogP contribution >= 0.6 is 15.9 Å². The van der Waals surface area contributed by atoms with Crippen molar-refractivity contribution in [3.8, 4) is 11.5 Å². The fraction of sp³-hybridized carbons (Fsp3) is 0.133. The van der Waals surface area contributed by atoms with Gasteiger partial charge in [0.15, 0.2) is 6.61 Å². The number of anilines is 1. The van der Waals surface area contributed by atoms with Crippen LogP contribution in [0.3, 0.4) is 0 Å². The number of methoxy groups -OCH3 is 1. The molecule has 0 aliphatic rings. The number of nitrogens with zero attached hydrogens (tertiary/aromatic N) is 1. The molecule has 0 aliphatic carbocycles. The van der Waals surface area contributed by atoms with E-state index >= 15 is 0 Å². The molecule has 2 aromatic rings. The minimum Gasteiger partial charge on any atom is -0.496 e. The van der Waals surface area contributed by atoms with Crippen molar-refractivity contribution >= 4 is 33.2 Å². The van der Waals surface area contributed by atoms with E-state index in [9.17, 15) is 14.9 Å². The number of carbonyl (C=O) groups excluding carboxylic acids is 1. The summed E-state index contributed by atoms with van der Waals surface area (Å²) in [4.78, 5) is 22.3. The molecule has 0 heterocycles. The number of amides is 1. The lowest BCUT2D eigenvalue weighted by atomic mass is 10.2. The number of hydrogen-bond donors (Lipinski definition) is 1. The maximum Gasteiger partial charge on any atom is 0.296 e. The molecule has 0 spiro atoms. The van der Waals surface area contributed by atoms with Gasteiger partial charge in [-0.25, -0.2) is 0 Å². The van der Waals surface area contributed by atoms with Crippen LogP contribution in [0.1, 0.15) is 0 Å². The Bertz CT molecular complexity index is 718. The molecule has 0 unspecified atom stereocenters. The SMILES string of the molecule is COc1ccc(NC(=O)COc2ccc(Br)cc2)c([N+](=O)[O-])c1. The Morgan fingerprint density at radius 3 is 2.48 bits per heavy atom. The number of hydrogen-bond acceptors (Lipinski definition) is 5. The summed E-state index contributed by atoms with van der Waals surface area (Å²) < 4.78 is 11.1. The van der Waals surface area contributed by atoms with Gasteiger partial charge >= 0.3 is 0 Å². The zero-order chi connectivity index (χ0) is 16.8. The molecular weight excluding hydrogens is 368 g/mol. The average molecular weight is 381 g/mol. The quantitative estimate of drug-likeness (QED) is 0.612. The maximum absolute atomic E-state index is 11.9. The summed E-state index contributed by atoms with van der Waals surface area (Å²) in [6, 6.07) is 11.1. The Morgan fingerprint density at radius 1 is 1.22 bits per heavy atom. The van der Waals surface area contributed by atoms with E-state index in [1.807, 2.05) is 0 Å². The largest absolute Gasteiger partial charge is 0.496 e. The first kappa shape index (κ1) is 16.8. The van der Waals surface area contributed by atoms with Gasteiger partial charge in [0.25, 0.3) is 11.6 Å². The molecule has 1 amide bonds. The van der Waals surface area contributed by atoms with E-state index in [2.05, 4.69) is 21.2 Å². The number of rotatable bonds is 6. The Hall–Kier alpha value is -2.61. The highest BCUT2D eigenvalue weighted by Crippen LogP contribution is 2.28. The van der Waals surface area contributed by atoms with Gasteiger partial charge in [-0.3, -0.25) is 14.9 Å². The Morgan fingerprint density at radius 2 is 1.87 bits per heavy atom. The van der Waals surface area contributed by atoms with Crippen molar-refractivity contribution in [2.45, 2.75) is 0 Å². The number of nitro groups is 1. The summed E-state index contributed by atoms with van der Waals surface area (Å²) in [5, 5.41) is 13.5. The standard InChI is InChI=1S/C15H13BrN2O5/c1-22-12-6-7-13(14(8-12)18(20)21)17-15(19)9-23-11-4-2-10(16)3-5-11/h2-8H,9H2,1H3,(H,17,19). The summed E-state index contributed by atoms with van der Waals surface area (Å²) in [6.45, 7) is -0.259. The molecule has 0 aliphatic heterocycles. The third kappa shape index (κ3) is 4.68. The molecule has 2 aromatic carbocycles. The van der Waals surface area contributed by atoms with Crippen molar-refractivity contribution in [2.75, 3.05) is 19.0 Å². The third-order valence-corrected chi connectivity index (χ3v) is 3.39. The molecule has 1 N–H and O–H groups in total. The fourth-order valence-electron chi connectivity index (χ4n) is 1.76. The van der Waals surface area contributed by atoms with Crippen molar-refractivity contribution in [2.24, 2.45) is 0 Å². The van der Waals surface area contributed by atoms with Gasteiger partial charge in [-0.15, -0.1) is 0 Å². The smallest absolute Gasteiger partial charge is 0.296 e. The van der Waals surface area contributed by atoms with Gasteiger partial charge < -0.3 is 14.8 Å². The molecule has 0 radical (unpaired) electrons. The number of nitro benzene ring substituents is 1. The Labute approximate surface area is 140 Å². The first-order chi connectivity index (χ1) is 11.0. The number of ether oxygens (including phenoxy) is 2. The molecule has 0 bridgehead atoms. The van der Waals surface area contributed by atoms with E-state index in [0.29, 0.717) is 11.5 Å². The lowest BCUT2D eigenvalue weighted by Gasteiger charge is -2.09. The van der Waals surface area contributed by atoms with Crippen LogP contribution in [0, 0.1) is 10.1 Å². The molecule has 0 saturated heterocycles. The second kappa shape index (κ2) is 7.59. The fourth-order valence-corrected chi connectivity index (χ4v) is 2.03. The van der Waals surface area contributed by atoms with E-state index < -0.39 is 10.8 Å². The van der Waals surface area contributed by atoms with Crippen LogP contribution in [-0.4, -0.2) is 24.5 Å². The molecular formula is C15H13BrN2O5. The number of carbonyl (C=O) groups is 1. The summed E-state index contributed by atoms with van der Waals surface area (Å²) in [6.07, 6.45) is 0. The molecule has 0 fully saturated rings. The molecule has 0 atom stereocenters. The normalized spacial score (nSPS) is 10.0. The van der Waals surface area contributed by atoms with E-state index in [1.54, 1.807) is 24.3 Å². The first-order valence-electron chi connectivity index (χ1n) is 6.50. The van der Waals surface area contributed by atoms with Gasteiger partial charge in [0, 0.05) is 4.47 Å². The molecule has 0 aromatic heterocycles. The van der Waals surface area contributed by atoms with Gasteiger partial charge in [-0.2, -0.15) is 0 Å². The number of halogens is 1. The second-order valence-corrected chi connectivity index (χ2v) is 5.35. The summed E-state index contributed by atoms with van der Waals surface area (Å²) in [7, 11) is 1.41. The highest BCUT2D eigenvalue weighted by atomic mass is 79.9. The van der Waals surface area contributed by atoms with Gasteiger partial charge in [0.2, 0.25) is 0 Å². The Kier molecular flexibility index (Phi) is 5.53. The minimum atomic E-state index is -0.590. The molecule has 2 rings (SSSR count). The average Bonchev–Trinajstić information content (AvgIpc) is 2.54. The lowest BCUT2D eigenvalue weighted by molar-refractivity contribution is -0.384. The topological polar surface area (TPSA) is 90.7 Å². The maximum atomic E-state index is 11.9. The van der Waals surface area contributed by atoms with Crippen molar-refractivity contribution in [1.29, 1.82) is 0 Å². The summed E-state index contributed by atoms with van der Waals surface area (Å²) in [5.41, 5.74) is -0.165. The van der Waals surface area contributed by atoms with Crippen LogP contribution in [0.5, 0.6) is 11.5 Å². The summed E-state index contributed by atoms with van der Waals surface area (Å²) >= 11 is 3.29. The van der Waals surface area contributed by atoms with Gasteiger partial charge in [0.05, 0.1) is 18.1 Å². The first-order valence-corrected chi connectivity index (χ1v) is 7.29. The molecule has 120 valence electrons. The van der Waals surface area contributed by atoms with Crippen molar-refractivity contribution < 1.29 is 19.2 Å². The highest BCUT2D eigenvalue weighted by molar-refractivity contribution is 9.10. The van der Waals surface area contributed by atoms with Gasteiger partial charge in [0.1, 0.15) is 17.2 Å². The number of nitrogens with one attached hydrogen (secondary N) is 1. The van der Waals surface area contributed by atoms with Gasteiger partial charge in [-0.05, 0) is 36.4 Å². The van der Waals surface area contributed by atoms with Crippen molar-refractivity contribution in [3.05, 3.63) is 57.1 Å². The van der Waals surface area contributed by atoms with E-state index in [-0.39, 0.29) is 18.0 Å². The minimum absolute atomic E-state index is 0.0835. The molecule has 8 heteroatoms. The van der Waals surface area contributed by atoms with Crippen LogP contribution in [0.25, 0.3) is 0 Å². The zero-order valence-electron chi connectivity index (χ0n) is 12.1. The van der Waals surface area contributed by atoms with Gasteiger partial charge in [-0.1, -0.05) is 15.9 Å².